The highest BCUT2D eigenvalue weighted by atomic mass is 32.2. The lowest BCUT2D eigenvalue weighted by Crippen LogP contribution is -2.32. The molecule has 0 saturated heterocycles. The molecule has 0 spiro atoms. The lowest BCUT2D eigenvalue weighted by atomic mass is 9.92. The number of carbonyl (C=O) groups excluding carboxylic acids is 1. The summed E-state index contributed by atoms with van der Waals surface area (Å²) in [6.07, 6.45) is 0. The number of aromatic nitrogens is 2. The predicted octanol–water partition coefficient (Wildman–Crippen LogP) is 3.69. The summed E-state index contributed by atoms with van der Waals surface area (Å²) in [5.74, 6) is -1.57. The maximum atomic E-state index is 13.4. The van der Waals surface area contributed by atoms with Gasteiger partial charge >= 0.3 is 0 Å². The number of carbonyl (C=O) groups is 1. The molecule has 0 saturated carbocycles. The van der Waals surface area contributed by atoms with Crippen LogP contribution >= 0.6 is 0 Å². The van der Waals surface area contributed by atoms with E-state index < -0.39 is 21.7 Å². The molecule has 0 radical (unpaired) electrons. The van der Waals surface area contributed by atoms with Crippen LogP contribution in [-0.4, -0.2) is 24.1 Å². The van der Waals surface area contributed by atoms with Crippen LogP contribution in [0, 0.1) is 19.7 Å². The Kier molecular flexibility index (Phi) is 6.15. The van der Waals surface area contributed by atoms with E-state index in [9.17, 15) is 17.6 Å². The molecule has 3 aromatic rings. The van der Waals surface area contributed by atoms with Gasteiger partial charge in [0, 0.05) is 5.41 Å². The Balaban J connectivity index is 2.01. The third-order valence-corrected chi connectivity index (χ3v) is 6.57. The molecule has 3 rings (SSSR count). The van der Waals surface area contributed by atoms with Gasteiger partial charge in [0.15, 0.2) is 0 Å². The van der Waals surface area contributed by atoms with Crippen LogP contribution in [0.5, 0.6) is 0 Å². The molecule has 2 aromatic carbocycles. The van der Waals surface area contributed by atoms with Gasteiger partial charge in [-0.25, -0.2) is 17.5 Å². The van der Waals surface area contributed by atoms with E-state index in [0.29, 0.717) is 12.2 Å². The molecule has 0 aliphatic rings. The number of benzene rings is 2. The molecule has 32 heavy (non-hydrogen) atoms. The first-order valence-corrected chi connectivity index (χ1v) is 11.5. The van der Waals surface area contributed by atoms with E-state index in [-0.39, 0.29) is 21.7 Å². The Bertz CT molecular complexity index is 1270. The number of sulfonamides is 1. The number of nitrogens with one attached hydrogen (secondary N) is 1. The predicted molar refractivity (Wildman–Crippen MR) is 121 cm³/mol. The summed E-state index contributed by atoms with van der Waals surface area (Å²) in [6, 6.07) is 10.5. The van der Waals surface area contributed by atoms with Crippen molar-refractivity contribution in [3.05, 3.63) is 76.4 Å². The zero-order valence-corrected chi connectivity index (χ0v) is 19.5. The fourth-order valence-electron chi connectivity index (χ4n) is 3.26. The third kappa shape index (κ3) is 4.83. The van der Waals surface area contributed by atoms with E-state index in [1.54, 1.807) is 6.07 Å². The van der Waals surface area contributed by atoms with Crippen molar-refractivity contribution in [1.29, 1.82) is 0 Å². The highest BCUT2D eigenvalue weighted by molar-refractivity contribution is 7.90. The standard InChI is InChI=1S/C23H27FN4O3S/c1-14-7-6-8-15(2)17(14)13-28-20(12-21(26-28)23(3,4)5)22(29)27-32(30,31)16-9-10-18(24)19(25)11-16/h6-12H,13,25H2,1-5H3,(H,27,29). The smallest absolute Gasteiger partial charge is 0.283 e. The number of hydrogen-bond donors (Lipinski definition) is 2. The van der Waals surface area contributed by atoms with E-state index >= 15 is 0 Å². The molecular weight excluding hydrogens is 431 g/mol. The number of amides is 1. The monoisotopic (exact) mass is 458 g/mol. The second kappa shape index (κ2) is 8.38. The van der Waals surface area contributed by atoms with Crippen LogP contribution in [0.3, 0.4) is 0 Å². The molecule has 170 valence electrons. The van der Waals surface area contributed by atoms with E-state index in [2.05, 4.69) is 9.82 Å². The topological polar surface area (TPSA) is 107 Å². The van der Waals surface area contributed by atoms with Crippen molar-refractivity contribution in [2.75, 3.05) is 5.73 Å². The van der Waals surface area contributed by atoms with Crippen molar-refractivity contribution >= 4 is 21.6 Å². The largest absolute Gasteiger partial charge is 0.396 e. The lowest BCUT2D eigenvalue weighted by molar-refractivity contribution is 0.0971. The summed E-state index contributed by atoms with van der Waals surface area (Å²) in [5, 5.41) is 4.60. The average molecular weight is 459 g/mol. The molecule has 3 N–H and O–H groups in total. The molecule has 7 nitrogen and oxygen atoms in total. The summed E-state index contributed by atoms with van der Waals surface area (Å²) in [4.78, 5) is 12.7. The average Bonchev–Trinajstić information content (AvgIpc) is 3.11. The molecule has 1 aromatic heterocycles. The van der Waals surface area contributed by atoms with Crippen LogP contribution in [0.15, 0.2) is 47.4 Å². The highest BCUT2D eigenvalue weighted by Gasteiger charge is 2.27. The Morgan fingerprint density at radius 3 is 2.31 bits per heavy atom. The molecule has 0 aliphatic carbocycles. The summed E-state index contributed by atoms with van der Waals surface area (Å²) in [5.41, 5.74) is 8.64. The van der Waals surface area contributed by atoms with E-state index in [1.807, 2.05) is 52.8 Å². The van der Waals surface area contributed by atoms with Gasteiger partial charge in [0.25, 0.3) is 15.9 Å². The van der Waals surface area contributed by atoms with Gasteiger partial charge in [-0.05, 0) is 54.8 Å². The van der Waals surface area contributed by atoms with E-state index in [1.165, 1.54) is 4.68 Å². The quantitative estimate of drug-likeness (QED) is 0.567. The Morgan fingerprint density at radius 2 is 1.75 bits per heavy atom. The van der Waals surface area contributed by atoms with Crippen molar-refractivity contribution in [1.82, 2.24) is 14.5 Å². The highest BCUT2D eigenvalue weighted by Crippen LogP contribution is 2.24. The zero-order valence-electron chi connectivity index (χ0n) is 18.7. The minimum absolute atomic E-state index is 0.108. The first-order chi connectivity index (χ1) is 14.8. The number of nitrogen functional groups attached to an aromatic ring is 1. The third-order valence-electron chi connectivity index (χ3n) is 5.24. The fourth-order valence-corrected chi connectivity index (χ4v) is 4.25. The van der Waals surface area contributed by atoms with Gasteiger partial charge in [0.2, 0.25) is 0 Å². The van der Waals surface area contributed by atoms with Gasteiger partial charge in [-0.2, -0.15) is 5.10 Å². The minimum atomic E-state index is -4.27. The van der Waals surface area contributed by atoms with Gasteiger partial charge < -0.3 is 5.73 Å². The Morgan fingerprint density at radius 1 is 1.12 bits per heavy atom. The summed E-state index contributed by atoms with van der Waals surface area (Å²) in [6.45, 7) is 10.1. The van der Waals surface area contributed by atoms with Gasteiger partial charge in [-0.1, -0.05) is 39.0 Å². The molecule has 0 atom stereocenters. The second-order valence-corrected chi connectivity index (χ2v) is 10.5. The lowest BCUT2D eigenvalue weighted by Gasteiger charge is -2.15. The van der Waals surface area contributed by atoms with Crippen molar-refractivity contribution < 1.29 is 17.6 Å². The molecular formula is C23H27FN4O3S. The van der Waals surface area contributed by atoms with Crippen LogP contribution in [0.25, 0.3) is 0 Å². The maximum Gasteiger partial charge on any atom is 0.283 e. The number of nitrogens with two attached hydrogens (primary N) is 1. The Hall–Kier alpha value is -3.20. The second-order valence-electron chi connectivity index (χ2n) is 8.81. The number of hydrogen-bond acceptors (Lipinski definition) is 5. The normalized spacial score (nSPS) is 12.1. The van der Waals surface area contributed by atoms with Crippen LogP contribution < -0.4 is 10.5 Å². The van der Waals surface area contributed by atoms with Gasteiger partial charge in [-0.3, -0.25) is 9.48 Å². The molecule has 1 amide bonds. The SMILES string of the molecule is Cc1cccc(C)c1Cn1nc(C(C)(C)C)cc1C(=O)NS(=O)(=O)c1ccc(F)c(N)c1. The number of rotatable bonds is 5. The van der Waals surface area contributed by atoms with Crippen molar-refractivity contribution in [3.8, 4) is 0 Å². The molecule has 0 unspecified atom stereocenters. The van der Waals surface area contributed by atoms with Crippen LogP contribution in [0.1, 0.15) is 53.6 Å². The zero-order chi connectivity index (χ0) is 23.8. The van der Waals surface area contributed by atoms with E-state index in [0.717, 1.165) is 34.9 Å². The number of aryl methyl sites for hydroxylation is 2. The van der Waals surface area contributed by atoms with Crippen LogP contribution in [0.4, 0.5) is 10.1 Å². The molecule has 0 fully saturated rings. The molecule has 0 aliphatic heterocycles. The molecule has 0 bridgehead atoms. The van der Waals surface area contributed by atoms with Crippen molar-refractivity contribution in [2.45, 2.75) is 51.5 Å². The van der Waals surface area contributed by atoms with Crippen LogP contribution in [0.2, 0.25) is 0 Å². The fraction of sp³-hybridized carbons (Fsp3) is 0.304. The maximum absolute atomic E-state index is 13.4. The first kappa shape index (κ1) is 23.5. The molecule has 9 heteroatoms. The van der Waals surface area contributed by atoms with Gasteiger partial charge in [0.05, 0.1) is 22.8 Å². The summed E-state index contributed by atoms with van der Waals surface area (Å²) < 4.78 is 42.4. The number of nitrogens with zero attached hydrogens (tertiary/aromatic N) is 2. The van der Waals surface area contributed by atoms with Gasteiger partial charge in [0.1, 0.15) is 11.5 Å². The number of halogens is 1. The molecule has 1 heterocycles. The van der Waals surface area contributed by atoms with Crippen molar-refractivity contribution in [2.24, 2.45) is 0 Å². The summed E-state index contributed by atoms with van der Waals surface area (Å²) in [7, 11) is -4.27. The van der Waals surface area contributed by atoms with Gasteiger partial charge in [-0.15, -0.1) is 0 Å². The number of anilines is 1. The van der Waals surface area contributed by atoms with Crippen LogP contribution in [-0.2, 0) is 22.0 Å². The van der Waals surface area contributed by atoms with E-state index in [4.69, 9.17) is 5.73 Å². The first-order valence-electron chi connectivity index (χ1n) is 10.0. The minimum Gasteiger partial charge on any atom is -0.396 e. The summed E-state index contributed by atoms with van der Waals surface area (Å²) >= 11 is 0. The Labute approximate surface area is 187 Å². The van der Waals surface area contributed by atoms with Crippen molar-refractivity contribution in [3.63, 3.8) is 0 Å².